The van der Waals surface area contributed by atoms with Crippen LogP contribution < -0.4 is 0 Å². The molecule has 0 unspecified atom stereocenters. The summed E-state index contributed by atoms with van der Waals surface area (Å²) < 4.78 is 69.4. The fourth-order valence-electron chi connectivity index (χ4n) is 2.68. The van der Waals surface area contributed by atoms with Gasteiger partial charge in [-0.25, -0.2) is 0 Å². The molecule has 0 aromatic heterocycles. The lowest BCUT2D eigenvalue weighted by Gasteiger charge is -2.09. The fraction of sp³-hybridized carbons (Fsp3) is 0.857. The van der Waals surface area contributed by atoms with E-state index in [0.29, 0.717) is 159 Å². The molecule has 0 saturated carbocycles. The van der Waals surface area contributed by atoms with Gasteiger partial charge in [-0.2, -0.15) is 0 Å². The predicted molar refractivity (Wildman–Crippen MR) is 151 cm³/mol. The average Bonchev–Trinajstić information content (AvgIpc) is 2.98. The smallest absolute Gasteiger partial charge is 0.111 e. The van der Waals surface area contributed by atoms with Crippen LogP contribution in [0.25, 0.3) is 0 Å². The van der Waals surface area contributed by atoms with E-state index in [1.807, 2.05) is 0 Å². The summed E-state index contributed by atoms with van der Waals surface area (Å²) in [5.41, 5.74) is 0. The molecule has 41 heavy (non-hydrogen) atoms. The molecule has 0 rings (SSSR count). The second-order valence-electron chi connectivity index (χ2n) is 7.81. The molecule has 0 spiro atoms. The Morgan fingerprint density at radius 3 is 0.463 bits per heavy atom. The quantitative estimate of drug-likeness (QED) is 0.0755. The van der Waals surface area contributed by atoms with Crippen LogP contribution in [-0.2, 0) is 61.6 Å². The minimum absolute atomic E-state index is 0.502. The van der Waals surface area contributed by atoms with Gasteiger partial charge in [0.1, 0.15) is 13.2 Å². The minimum atomic E-state index is 0.502. The molecule has 0 N–H and O–H groups in total. The molecule has 0 aromatic carbocycles. The summed E-state index contributed by atoms with van der Waals surface area (Å²) in [5, 5.41) is 0. The zero-order chi connectivity index (χ0) is 29.6. The summed E-state index contributed by atoms with van der Waals surface area (Å²) in [7, 11) is 0. The van der Waals surface area contributed by atoms with Crippen molar-refractivity contribution in [3.63, 3.8) is 0 Å². The molecule has 0 atom stereocenters. The third-order valence-electron chi connectivity index (χ3n) is 4.65. The second kappa shape index (κ2) is 38.6. The molecule has 0 aliphatic rings. The SMILES string of the molecule is C=COCCOCCOCCOCCOCCOCCOCCOCCOCCOCCOCCOCCOC=C. The van der Waals surface area contributed by atoms with E-state index in [-0.39, 0.29) is 0 Å². The van der Waals surface area contributed by atoms with Crippen molar-refractivity contribution in [1.82, 2.24) is 0 Å². The molecule has 0 aliphatic carbocycles. The van der Waals surface area contributed by atoms with Gasteiger partial charge in [0.05, 0.1) is 158 Å². The van der Waals surface area contributed by atoms with Gasteiger partial charge in [-0.3, -0.25) is 0 Å². The molecular formula is C28H54O13. The summed E-state index contributed by atoms with van der Waals surface area (Å²) in [5.74, 6) is 0. The van der Waals surface area contributed by atoms with Gasteiger partial charge in [0.2, 0.25) is 0 Å². The van der Waals surface area contributed by atoms with Crippen molar-refractivity contribution in [3.05, 3.63) is 25.7 Å². The summed E-state index contributed by atoms with van der Waals surface area (Å²) in [4.78, 5) is 0. The van der Waals surface area contributed by atoms with Gasteiger partial charge < -0.3 is 61.6 Å². The maximum absolute atomic E-state index is 5.46. The molecule has 0 fully saturated rings. The molecule has 0 aliphatic heterocycles. The van der Waals surface area contributed by atoms with Crippen molar-refractivity contribution < 1.29 is 61.6 Å². The Balaban J connectivity index is 3.02. The van der Waals surface area contributed by atoms with E-state index in [4.69, 9.17) is 61.6 Å². The summed E-state index contributed by atoms with van der Waals surface area (Å²) in [6.07, 6.45) is 2.79. The third-order valence-corrected chi connectivity index (χ3v) is 4.65. The maximum atomic E-state index is 5.46. The first kappa shape index (κ1) is 39.6. The fourth-order valence-corrected chi connectivity index (χ4v) is 2.68. The van der Waals surface area contributed by atoms with E-state index in [0.717, 1.165) is 0 Å². The Morgan fingerprint density at radius 1 is 0.220 bits per heavy atom. The van der Waals surface area contributed by atoms with E-state index in [1.54, 1.807) is 0 Å². The van der Waals surface area contributed by atoms with Gasteiger partial charge in [0, 0.05) is 0 Å². The highest BCUT2D eigenvalue weighted by Gasteiger charge is 1.96. The van der Waals surface area contributed by atoms with Crippen LogP contribution in [-0.4, -0.2) is 159 Å². The third kappa shape index (κ3) is 38.6. The van der Waals surface area contributed by atoms with Crippen molar-refractivity contribution in [2.45, 2.75) is 0 Å². The van der Waals surface area contributed by atoms with Gasteiger partial charge in [0.25, 0.3) is 0 Å². The van der Waals surface area contributed by atoms with Crippen LogP contribution >= 0.6 is 0 Å². The lowest BCUT2D eigenvalue weighted by molar-refractivity contribution is -0.0282. The van der Waals surface area contributed by atoms with Gasteiger partial charge in [-0.15, -0.1) is 0 Å². The number of hydrogen-bond acceptors (Lipinski definition) is 13. The lowest BCUT2D eigenvalue weighted by atomic mass is 10.6. The van der Waals surface area contributed by atoms with E-state index >= 15 is 0 Å². The van der Waals surface area contributed by atoms with Gasteiger partial charge >= 0.3 is 0 Å². The molecule has 13 nitrogen and oxygen atoms in total. The van der Waals surface area contributed by atoms with Crippen LogP contribution in [0.3, 0.4) is 0 Å². The summed E-state index contributed by atoms with van der Waals surface area (Å²) >= 11 is 0. The molecule has 244 valence electrons. The normalized spacial score (nSPS) is 11.1. The molecule has 13 heteroatoms. The number of rotatable bonds is 38. The van der Waals surface area contributed by atoms with Crippen LogP contribution in [0.15, 0.2) is 25.7 Å². The van der Waals surface area contributed by atoms with Crippen LogP contribution in [0.2, 0.25) is 0 Å². The molecular weight excluding hydrogens is 544 g/mol. The van der Waals surface area contributed by atoms with Gasteiger partial charge in [-0.05, 0) is 0 Å². The zero-order valence-electron chi connectivity index (χ0n) is 24.8. The largest absolute Gasteiger partial charge is 0.499 e. The van der Waals surface area contributed by atoms with Crippen LogP contribution in [0.1, 0.15) is 0 Å². The van der Waals surface area contributed by atoms with E-state index < -0.39 is 0 Å². The van der Waals surface area contributed by atoms with E-state index in [2.05, 4.69) is 13.2 Å². The van der Waals surface area contributed by atoms with Crippen LogP contribution in [0, 0.1) is 0 Å². The number of hydrogen-bond donors (Lipinski definition) is 0. The first-order valence-electron chi connectivity index (χ1n) is 14.2. The predicted octanol–water partition coefficient (Wildman–Crippen LogP) is 1.49. The Hall–Kier alpha value is -1.36. The first-order valence-corrected chi connectivity index (χ1v) is 14.2. The summed E-state index contributed by atoms with van der Waals surface area (Å²) in [6, 6.07) is 0. The molecule has 0 bridgehead atoms. The van der Waals surface area contributed by atoms with Crippen molar-refractivity contribution in [3.8, 4) is 0 Å². The van der Waals surface area contributed by atoms with Crippen LogP contribution in [0.5, 0.6) is 0 Å². The van der Waals surface area contributed by atoms with Gasteiger partial charge in [-0.1, -0.05) is 13.2 Å². The Kier molecular flexibility index (Phi) is 37.4. The molecule has 0 aromatic rings. The highest BCUT2D eigenvalue weighted by molar-refractivity contribution is 4.48. The topological polar surface area (TPSA) is 120 Å². The molecule has 0 heterocycles. The Labute approximate surface area is 246 Å². The second-order valence-corrected chi connectivity index (χ2v) is 7.81. The Bertz CT molecular complexity index is 458. The van der Waals surface area contributed by atoms with E-state index in [9.17, 15) is 0 Å². The highest BCUT2D eigenvalue weighted by atomic mass is 16.6. The number of ether oxygens (including phenoxy) is 13. The van der Waals surface area contributed by atoms with Crippen LogP contribution in [0.4, 0.5) is 0 Å². The maximum Gasteiger partial charge on any atom is 0.111 e. The first-order chi connectivity index (χ1) is 20.4. The average molecular weight is 599 g/mol. The zero-order valence-corrected chi connectivity index (χ0v) is 24.8. The molecule has 0 radical (unpaired) electrons. The van der Waals surface area contributed by atoms with Crippen molar-refractivity contribution >= 4 is 0 Å². The van der Waals surface area contributed by atoms with Crippen molar-refractivity contribution in [2.75, 3.05) is 159 Å². The van der Waals surface area contributed by atoms with E-state index in [1.165, 1.54) is 12.5 Å². The van der Waals surface area contributed by atoms with Gasteiger partial charge in [0.15, 0.2) is 0 Å². The minimum Gasteiger partial charge on any atom is -0.499 e. The highest BCUT2D eigenvalue weighted by Crippen LogP contribution is 1.87. The molecule has 0 amide bonds. The standard InChI is InChI=1S/C28H54O13/c1-3-29-5-7-31-9-11-33-13-15-35-17-19-37-21-23-39-25-27-41-28-26-40-24-22-38-20-18-36-16-14-34-12-10-32-8-6-30-4-2/h3-4H,1-2,5-28H2. The summed E-state index contributed by atoms with van der Waals surface area (Å²) in [6.45, 7) is 19.3. The lowest BCUT2D eigenvalue weighted by Crippen LogP contribution is -2.15. The van der Waals surface area contributed by atoms with Crippen molar-refractivity contribution in [1.29, 1.82) is 0 Å². The Morgan fingerprint density at radius 2 is 0.341 bits per heavy atom. The van der Waals surface area contributed by atoms with Crippen molar-refractivity contribution in [2.24, 2.45) is 0 Å². The monoisotopic (exact) mass is 598 g/mol. The molecule has 0 saturated heterocycles.